The molecule has 0 unspecified atom stereocenters. The summed E-state index contributed by atoms with van der Waals surface area (Å²) in [6.45, 7) is 4.39. The molecule has 3 rings (SSSR count). The Balaban J connectivity index is 1.51. The van der Waals surface area contributed by atoms with Gasteiger partial charge >= 0.3 is 0 Å². The average Bonchev–Trinajstić information content (AvgIpc) is 2.78. The first kappa shape index (κ1) is 20.7. The molecule has 1 aliphatic heterocycles. The number of nitrogens with one attached hydrogen (secondary N) is 1. The van der Waals surface area contributed by atoms with Crippen molar-refractivity contribution in [3.8, 4) is 17.2 Å². The maximum Gasteiger partial charge on any atom is 0.246 e. The lowest BCUT2D eigenvalue weighted by molar-refractivity contribution is -0.917. The van der Waals surface area contributed by atoms with E-state index in [1.807, 2.05) is 41.3 Å². The summed E-state index contributed by atoms with van der Waals surface area (Å²) in [5, 5.41) is 0. The van der Waals surface area contributed by atoms with Crippen LogP contribution < -0.4 is 19.1 Å². The summed E-state index contributed by atoms with van der Waals surface area (Å²) in [5.41, 5.74) is 2.19. The molecule has 1 saturated heterocycles. The second-order valence-corrected chi connectivity index (χ2v) is 7.05. The Bertz CT molecular complexity index is 840. The van der Waals surface area contributed by atoms with Crippen LogP contribution in [0.5, 0.6) is 17.2 Å². The van der Waals surface area contributed by atoms with E-state index in [9.17, 15) is 4.79 Å². The van der Waals surface area contributed by atoms with Gasteiger partial charge in [0.1, 0.15) is 12.3 Å². The van der Waals surface area contributed by atoms with Crippen LogP contribution in [0.15, 0.2) is 48.5 Å². The molecule has 0 spiro atoms. The van der Waals surface area contributed by atoms with Crippen LogP contribution in [0.25, 0.3) is 6.08 Å². The Hall–Kier alpha value is -2.99. The van der Waals surface area contributed by atoms with Gasteiger partial charge in [-0.2, -0.15) is 0 Å². The molecule has 0 atom stereocenters. The maximum absolute atomic E-state index is 12.5. The van der Waals surface area contributed by atoms with Crippen LogP contribution in [0, 0.1) is 0 Å². The third-order valence-electron chi connectivity index (χ3n) is 5.22. The summed E-state index contributed by atoms with van der Waals surface area (Å²) >= 11 is 0. The van der Waals surface area contributed by atoms with Crippen LogP contribution in [0.4, 0.5) is 0 Å². The van der Waals surface area contributed by atoms with Gasteiger partial charge in [-0.1, -0.05) is 6.07 Å². The van der Waals surface area contributed by atoms with Crippen molar-refractivity contribution in [2.45, 2.75) is 6.54 Å². The number of hydrogen-bond acceptors (Lipinski definition) is 4. The average molecular weight is 397 g/mol. The summed E-state index contributed by atoms with van der Waals surface area (Å²) in [4.78, 5) is 15.9. The molecule has 0 radical (unpaired) electrons. The fourth-order valence-electron chi connectivity index (χ4n) is 3.48. The van der Waals surface area contributed by atoms with E-state index in [0.717, 1.165) is 44.0 Å². The van der Waals surface area contributed by atoms with Crippen LogP contribution in [0.2, 0.25) is 0 Å². The fraction of sp³-hybridized carbons (Fsp3) is 0.348. The summed E-state index contributed by atoms with van der Waals surface area (Å²) in [7, 11) is 4.88. The first-order valence-corrected chi connectivity index (χ1v) is 9.78. The highest BCUT2D eigenvalue weighted by atomic mass is 16.5. The second kappa shape index (κ2) is 9.98. The zero-order chi connectivity index (χ0) is 20.6. The molecule has 1 N–H and O–H groups in total. The van der Waals surface area contributed by atoms with Crippen LogP contribution in [0.3, 0.4) is 0 Å². The number of benzene rings is 2. The van der Waals surface area contributed by atoms with Crippen LogP contribution in [0.1, 0.15) is 11.1 Å². The Morgan fingerprint density at radius 1 is 0.966 bits per heavy atom. The summed E-state index contributed by atoms with van der Waals surface area (Å²) < 4.78 is 15.8. The molecule has 0 bridgehead atoms. The molecule has 0 aliphatic carbocycles. The molecule has 154 valence electrons. The second-order valence-electron chi connectivity index (χ2n) is 7.05. The van der Waals surface area contributed by atoms with Crippen molar-refractivity contribution in [2.24, 2.45) is 0 Å². The molecule has 0 aromatic heterocycles. The Morgan fingerprint density at radius 3 is 2.28 bits per heavy atom. The van der Waals surface area contributed by atoms with E-state index in [4.69, 9.17) is 14.2 Å². The predicted molar refractivity (Wildman–Crippen MR) is 113 cm³/mol. The molecule has 1 heterocycles. The minimum atomic E-state index is 0.0447. The van der Waals surface area contributed by atoms with Crippen molar-refractivity contribution in [3.05, 3.63) is 59.7 Å². The SMILES string of the molecule is COc1ccc(C[NH+]2CCN(C(=O)/C=C/c3ccc(OC)c(OC)c3)CC2)cc1. The Morgan fingerprint density at radius 2 is 1.66 bits per heavy atom. The number of piperazine rings is 1. The molecular weight excluding hydrogens is 368 g/mol. The molecule has 0 saturated carbocycles. The third-order valence-corrected chi connectivity index (χ3v) is 5.22. The van der Waals surface area contributed by atoms with Gasteiger partial charge in [0.25, 0.3) is 0 Å². The molecule has 1 fully saturated rings. The monoisotopic (exact) mass is 397 g/mol. The van der Waals surface area contributed by atoms with E-state index in [2.05, 4.69) is 12.1 Å². The topological polar surface area (TPSA) is 52.4 Å². The van der Waals surface area contributed by atoms with E-state index in [0.29, 0.717) is 11.5 Å². The minimum absolute atomic E-state index is 0.0447. The first-order chi connectivity index (χ1) is 14.1. The molecule has 6 nitrogen and oxygen atoms in total. The summed E-state index contributed by atoms with van der Waals surface area (Å²) in [6, 6.07) is 13.8. The van der Waals surface area contributed by atoms with Crippen LogP contribution >= 0.6 is 0 Å². The third kappa shape index (κ3) is 5.51. The lowest BCUT2D eigenvalue weighted by atomic mass is 10.1. The molecule has 6 heteroatoms. The quantitative estimate of drug-likeness (QED) is 0.722. The zero-order valence-corrected chi connectivity index (χ0v) is 17.3. The molecule has 2 aromatic carbocycles. The number of methoxy groups -OCH3 is 3. The van der Waals surface area contributed by atoms with Crippen molar-refractivity contribution in [1.29, 1.82) is 0 Å². The first-order valence-electron chi connectivity index (χ1n) is 9.78. The number of carbonyl (C=O) groups is 1. The van der Waals surface area contributed by atoms with E-state index < -0.39 is 0 Å². The summed E-state index contributed by atoms with van der Waals surface area (Å²) in [5.74, 6) is 2.24. The molecule has 2 aromatic rings. The number of carbonyl (C=O) groups excluding carboxylic acids is 1. The van der Waals surface area contributed by atoms with Gasteiger partial charge in [0.2, 0.25) is 5.91 Å². The van der Waals surface area contributed by atoms with Crippen molar-refractivity contribution in [3.63, 3.8) is 0 Å². The fourth-order valence-corrected chi connectivity index (χ4v) is 3.48. The number of ether oxygens (including phenoxy) is 3. The Labute approximate surface area is 172 Å². The van der Waals surface area contributed by atoms with Gasteiger partial charge in [0.15, 0.2) is 11.5 Å². The lowest BCUT2D eigenvalue weighted by Gasteiger charge is -2.31. The normalized spacial score (nSPS) is 14.8. The van der Waals surface area contributed by atoms with Gasteiger partial charge in [-0.25, -0.2) is 0 Å². The smallest absolute Gasteiger partial charge is 0.246 e. The highest BCUT2D eigenvalue weighted by Crippen LogP contribution is 2.27. The van der Waals surface area contributed by atoms with Gasteiger partial charge in [0, 0.05) is 11.6 Å². The van der Waals surface area contributed by atoms with Crippen LogP contribution in [-0.4, -0.2) is 58.3 Å². The van der Waals surface area contributed by atoms with Crippen molar-refractivity contribution in [1.82, 2.24) is 4.90 Å². The van der Waals surface area contributed by atoms with Gasteiger partial charge in [-0.3, -0.25) is 4.79 Å². The van der Waals surface area contributed by atoms with E-state index in [-0.39, 0.29) is 5.91 Å². The predicted octanol–water partition coefficient (Wildman–Crippen LogP) is 1.65. The van der Waals surface area contributed by atoms with Crippen molar-refractivity contribution < 1.29 is 23.9 Å². The van der Waals surface area contributed by atoms with Crippen LogP contribution in [-0.2, 0) is 11.3 Å². The Kier molecular flexibility index (Phi) is 7.14. The van der Waals surface area contributed by atoms with Crippen molar-refractivity contribution in [2.75, 3.05) is 47.5 Å². The highest BCUT2D eigenvalue weighted by molar-refractivity contribution is 5.91. The molecule has 29 heavy (non-hydrogen) atoms. The maximum atomic E-state index is 12.5. The number of nitrogens with zero attached hydrogens (tertiary/aromatic N) is 1. The van der Waals surface area contributed by atoms with Gasteiger partial charge in [-0.15, -0.1) is 0 Å². The van der Waals surface area contributed by atoms with Gasteiger partial charge in [0.05, 0.1) is 47.5 Å². The van der Waals surface area contributed by atoms with E-state index >= 15 is 0 Å². The lowest BCUT2D eigenvalue weighted by Crippen LogP contribution is -3.13. The highest BCUT2D eigenvalue weighted by Gasteiger charge is 2.22. The summed E-state index contributed by atoms with van der Waals surface area (Å²) in [6.07, 6.45) is 3.45. The van der Waals surface area contributed by atoms with Gasteiger partial charge in [-0.05, 0) is 48.0 Å². The molecule has 1 aliphatic rings. The zero-order valence-electron chi connectivity index (χ0n) is 17.3. The largest absolute Gasteiger partial charge is 0.497 e. The number of rotatable bonds is 7. The van der Waals surface area contributed by atoms with E-state index in [1.165, 1.54) is 10.5 Å². The van der Waals surface area contributed by atoms with Gasteiger partial charge < -0.3 is 24.0 Å². The molecular formula is C23H29N2O4+. The number of quaternary nitrogens is 1. The van der Waals surface area contributed by atoms with Crippen molar-refractivity contribution >= 4 is 12.0 Å². The number of amides is 1. The standard InChI is InChI=1S/C23H28N2O4/c1-27-20-8-4-19(5-9-20)17-24-12-14-25(15-13-24)23(26)11-7-18-6-10-21(28-2)22(16-18)29-3/h4-11,16H,12-15,17H2,1-3H3/p+1/b11-7+. The van der Waals surface area contributed by atoms with E-state index in [1.54, 1.807) is 27.4 Å². The number of hydrogen-bond donors (Lipinski definition) is 1. The molecule has 1 amide bonds. The minimum Gasteiger partial charge on any atom is -0.497 e.